The second-order valence-electron chi connectivity index (χ2n) is 6.67. The zero-order valence-electron chi connectivity index (χ0n) is 16.2. The highest BCUT2D eigenvalue weighted by Gasteiger charge is 2.35. The van der Waals surface area contributed by atoms with Gasteiger partial charge in [0.1, 0.15) is 17.3 Å². The number of hydroxylamine groups is 2. The number of allylic oxidation sites excluding steroid dienone is 2. The number of ether oxygens (including phenoxy) is 2. The Kier molecular flexibility index (Phi) is 7.16. The number of carbonyl (C=O) groups is 1. The maximum absolute atomic E-state index is 14.7. The first-order valence-corrected chi connectivity index (χ1v) is 9.60. The number of amides is 1. The molecule has 1 aromatic rings. The minimum absolute atomic E-state index is 0.0988. The van der Waals surface area contributed by atoms with Crippen molar-refractivity contribution in [2.24, 2.45) is 0 Å². The van der Waals surface area contributed by atoms with E-state index >= 15 is 0 Å². The Morgan fingerprint density at radius 1 is 1.32 bits per heavy atom. The van der Waals surface area contributed by atoms with Crippen LogP contribution in [0.15, 0.2) is 17.6 Å². The molecule has 0 saturated carbocycles. The summed E-state index contributed by atoms with van der Waals surface area (Å²) in [5, 5.41) is 10.1. The fourth-order valence-electron chi connectivity index (χ4n) is 2.76. The predicted octanol–water partition coefficient (Wildman–Crippen LogP) is 3.40. The van der Waals surface area contributed by atoms with Gasteiger partial charge in [-0.3, -0.25) is 10.0 Å². The van der Waals surface area contributed by atoms with Crippen molar-refractivity contribution >= 4 is 29.1 Å². The number of alkyl halides is 2. The van der Waals surface area contributed by atoms with Gasteiger partial charge in [0.2, 0.25) is 5.91 Å². The van der Waals surface area contributed by atoms with Crippen molar-refractivity contribution in [2.45, 2.75) is 51.5 Å². The van der Waals surface area contributed by atoms with Crippen LogP contribution in [0.4, 0.5) is 13.2 Å². The van der Waals surface area contributed by atoms with Gasteiger partial charge in [-0.05, 0) is 19.9 Å². The minimum atomic E-state index is -3.32. The second kappa shape index (κ2) is 9.00. The lowest BCUT2D eigenvalue weighted by molar-refractivity contribution is -0.174. The number of nitrogens with zero attached hydrogens (tertiary/aromatic N) is 1. The van der Waals surface area contributed by atoms with Crippen molar-refractivity contribution in [2.75, 3.05) is 14.2 Å². The molecule has 1 aliphatic rings. The van der Waals surface area contributed by atoms with Gasteiger partial charge in [0.15, 0.2) is 0 Å². The fraction of sp³-hybridized carbons (Fsp3) is 0.526. The molecule has 9 heteroatoms. The number of rotatable bonds is 7. The monoisotopic (exact) mass is 419 g/mol. The lowest BCUT2D eigenvalue weighted by atomic mass is 10.1. The fourth-order valence-corrected chi connectivity index (χ4v) is 3.87. The average molecular weight is 419 g/mol. The smallest absolute Gasteiger partial charge is 0.282 e. The second-order valence-corrected chi connectivity index (χ2v) is 7.75. The molecular weight excluding hydrogens is 395 g/mol. The molecule has 0 atom stereocenters. The molecule has 2 rings (SSSR count). The van der Waals surface area contributed by atoms with Gasteiger partial charge in [-0.25, -0.2) is 18.2 Å². The Labute approximate surface area is 165 Å². The first-order chi connectivity index (χ1) is 13.1. The number of halogens is 3. The van der Waals surface area contributed by atoms with Crippen molar-refractivity contribution in [3.63, 3.8) is 0 Å². The van der Waals surface area contributed by atoms with E-state index in [9.17, 15) is 23.2 Å². The topological polar surface area (TPSA) is 59.0 Å². The first kappa shape index (κ1) is 22.3. The van der Waals surface area contributed by atoms with Crippen LogP contribution in [0.1, 0.15) is 44.4 Å². The molecule has 0 fully saturated rings. The normalized spacial score (nSPS) is 20.7. The quantitative estimate of drug-likeness (QED) is 0.544. The summed E-state index contributed by atoms with van der Waals surface area (Å²) >= 11 is 0.784. The molecule has 1 aromatic heterocycles. The van der Waals surface area contributed by atoms with E-state index in [-0.39, 0.29) is 22.9 Å². The van der Waals surface area contributed by atoms with E-state index in [2.05, 4.69) is 0 Å². The summed E-state index contributed by atoms with van der Waals surface area (Å²) in [5.74, 6) is -3.95. The van der Waals surface area contributed by atoms with Crippen molar-refractivity contribution in [1.29, 1.82) is 0 Å². The number of carbonyl (C=O) groups excluding carboxylic acids is 1. The van der Waals surface area contributed by atoms with Crippen LogP contribution < -0.4 is 9.75 Å². The summed E-state index contributed by atoms with van der Waals surface area (Å²) in [4.78, 5) is 11.5. The van der Waals surface area contributed by atoms with Crippen LogP contribution in [-0.4, -0.2) is 36.4 Å². The van der Waals surface area contributed by atoms with E-state index in [4.69, 9.17) is 9.47 Å². The first-order valence-electron chi connectivity index (χ1n) is 8.78. The van der Waals surface area contributed by atoms with Gasteiger partial charge in [-0.2, -0.15) is 0 Å². The van der Waals surface area contributed by atoms with Gasteiger partial charge in [0.05, 0.1) is 31.6 Å². The summed E-state index contributed by atoms with van der Waals surface area (Å²) in [6.07, 6.45) is 0.423. The molecule has 0 bridgehead atoms. The highest BCUT2D eigenvalue weighted by Crippen LogP contribution is 2.34. The van der Waals surface area contributed by atoms with Crippen LogP contribution in [0.3, 0.4) is 0 Å². The highest BCUT2D eigenvalue weighted by atomic mass is 32.1. The molecule has 0 aromatic carbocycles. The van der Waals surface area contributed by atoms with E-state index in [1.807, 2.05) is 0 Å². The van der Waals surface area contributed by atoms with Crippen LogP contribution in [-0.2, 0) is 20.2 Å². The van der Waals surface area contributed by atoms with E-state index in [1.54, 1.807) is 19.9 Å². The van der Waals surface area contributed by atoms with Crippen molar-refractivity contribution in [3.8, 4) is 0 Å². The third kappa shape index (κ3) is 4.88. The lowest BCUT2D eigenvalue weighted by Crippen LogP contribution is -2.34. The lowest BCUT2D eigenvalue weighted by Gasteiger charge is -2.20. The molecule has 1 N–H and O–H groups in total. The van der Waals surface area contributed by atoms with Crippen LogP contribution in [0, 0.1) is 0 Å². The summed E-state index contributed by atoms with van der Waals surface area (Å²) in [6.45, 7) is 3.14. The van der Waals surface area contributed by atoms with Gasteiger partial charge in [-0.15, -0.1) is 11.3 Å². The maximum Gasteiger partial charge on any atom is 0.282 e. The Morgan fingerprint density at radius 3 is 2.54 bits per heavy atom. The Balaban J connectivity index is 2.31. The molecule has 1 heterocycles. The molecule has 28 heavy (non-hydrogen) atoms. The van der Waals surface area contributed by atoms with Gasteiger partial charge in [-0.1, -0.05) is 6.08 Å². The van der Waals surface area contributed by atoms with Crippen molar-refractivity contribution in [3.05, 3.63) is 32.2 Å². The average Bonchev–Trinajstić information content (AvgIpc) is 3.08. The number of thiophene rings is 1. The Bertz CT molecular complexity index is 876. The van der Waals surface area contributed by atoms with E-state index < -0.39 is 36.5 Å². The van der Waals surface area contributed by atoms with Crippen LogP contribution in [0.2, 0.25) is 0 Å². The summed E-state index contributed by atoms with van der Waals surface area (Å²) in [7, 11) is 2.84. The zero-order valence-corrected chi connectivity index (χ0v) is 17.0. The molecule has 1 aliphatic carbocycles. The van der Waals surface area contributed by atoms with Crippen molar-refractivity contribution < 1.29 is 32.6 Å². The van der Waals surface area contributed by atoms with Crippen LogP contribution in [0.5, 0.6) is 0 Å². The highest BCUT2D eigenvalue weighted by molar-refractivity contribution is 7.10. The molecule has 156 valence electrons. The third-order valence-corrected chi connectivity index (χ3v) is 5.65. The van der Waals surface area contributed by atoms with Gasteiger partial charge in [0, 0.05) is 29.0 Å². The van der Waals surface area contributed by atoms with Gasteiger partial charge >= 0.3 is 0 Å². The van der Waals surface area contributed by atoms with E-state index in [0.29, 0.717) is 21.1 Å². The molecule has 0 saturated heterocycles. The van der Waals surface area contributed by atoms with Crippen LogP contribution >= 0.6 is 11.3 Å². The summed E-state index contributed by atoms with van der Waals surface area (Å²) < 4.78 is 54.7. The van der Waals surface area contributed by atoms with Gasteiger partial charge in [0.25, 0.3) is 5.92 Å². The molecule has 0 unspecified atom stereocenters. The Morgan fingerprint density at radius 2 is 1.96 bits per heavy atom. The van der Waals surface area contributed by atoms with Crippen molar-refractivity contribution in [1.82, 2.24) is 5.06 Å². The SMILES string of the molecule is CO/C1=C(\OC)C/C(F)=c2/cc(C(F)(F)CCC(=O)N(O)C(C)C)s/c2=C/C1. The van der Waals surface area contributed by atoms with E-state index in [0.717, 1.165) is 17.4 Å². The molecule has 5 nitrogen and oxygen atoms in total. The molecule has 0 spiro atoms. The minimum Gasteiger partial charge on any atom is -0.497 e. The largest absolute Gasteiger partial charge is 0.497 e. The number of hydrogen-bond donors (Lipinski definition) is 1. The maximum atomic E-state index is 14.7. The van der Waals surface area contributed by atoms with Crippen LogP contribution in [0.25, 0.3) is 11.9 Å². The number of fused-ring (bicyclic) bond motifs is 1. The standard InChI is InChI=1S/C19H24F3NO4S/c1-11(2)23(25)18(24)7-8-19(21,22)17-9-12-13(20)10-15(27-4)14(26-3)5-6-16(12)28-17/h6,9,11,25H,5,7-8,10H2,1-4H3/b13-12+,15-14-,16-6+. The zero-order chi connectivity index (χ0) is 21.1. The number of hydrogen-bond acceptors (Lipinski definition) is 5. The molecular formula is C19H24F3NO4S. The van der Waals surface area contributed by atoms with E-state index in [1.165, 1.54) is 14.2 Å². The third-order valence-electron chi connectivity index (χ3n) is 4.40. The molecule has 0 aliphatic heterocycles. The summed E-state index contributed by atoms with van der Waals surface area (Å²) in [5.41, 5.74) is 0. The molecule has 1 amide bonds. The number of methoxy groups -OCH3 is 2. The Hall–Kier alpha value is -2.00. The summed E-state index contributed by atoms with van der Waals surface area (Å²) in [6, 6.07) is 0.624. The predicted molar refractivity (Wildman–Crippen MR) is 99.7 cm³/mol. The van der Waals surface area contributed by atoms with Gasteiger partial charge < -0.3 is 9.47 Å². The molecule has 0 radical (unpaired) electrons.